The summed E-state index contributed by atoms with van der Waals surface area (Å²) in [6, 6.07) is 10.3. The Balaban J connectivity index is 0.000000424. The second-order valence-corrected chi connectivity index (χ2v) is 2.55. The fourth-order valence-electron chi connectivity index (χ4n) is 0.809. The molecule has 0 fully saturated rings. The number of hydrogen-bond acceptors (Lipinski definition) is 0. The monoisotopic (exact) mass is 173 g/mol. The first-order valence-corrected chi connectivity index (χ1v) is 4.41. The molecule has 1 rings (SSSR count). The van der Waals surface area contributed by atoms with E-state index in [1.807, 2.05) is 31.2 Å². The van der Waals surface area contributed by atoms with Gasteiger partial charge in [-0.05, 0) is 25.1 Å². The van der Waals surface area contributed by atoms with Crippen molar-refractivity contribution in [1.82, 2.24) is 0 Å². The lowest BCUT2D eigenvalue weighted by Crippen LogP contribution is -1.76. The molecule has 0 atom stereocenters. The van der Waals surface area contributed by atoms with Crippen LogP contribution < -0.4 is 0 Å². The molecule has 13 heavy (non-hydrogen) atoms. The lowest BCUT2D eigenvalue weighted by atomic mass is 10.1. The smallest absolute Gasteiger partial charge is 0.103 e. The summed E-state index contributed by atoms with van der Waals surface area (Å²) in [6.07, 6.45) is 6.74. The predicted molar refractivity (Wildman–Crippen MR) is 60.5 cm³/mol. The molecule has 0 aliphatic heterocycles. The summed E-state index contributed by atoms with van der Waals surface area (Å²) in [6.45, 7) is 8.89. The molecule has 0 heteroatoms. The Morgan fingerprint density at radius 3 is 2.23 bits per heavy atom. The van der Waals surface area contributed by atoms with Crippen LogP contribution in [0, 0.1) is 6.42 Å². The molecule has 0 N–H and O–H groups in total. The Morgan fingerprint density at radius 2 is 1.77 bits per heavy atom. The highest BCUT2D eigenvalue weighted by Gasteiger charge is 1.95. The van der Waals surface area contributed by atoms with E-state index in [9.17, 15) is 0 Å². The van der Waals surface area contributed by atoms with Crippen molar-refractivity contribution in [2.75, 3.05) is 0 Å². The number of hydrogen-bond donors (Lipinski definition) is 0. The van der Waals surface area contributed by atoms with Crippen LogP contribution in [-0.2, 0) is 0 Å². The van der Waals surface area contributed by atoms with Crippen LogP contribution in [0.1, 0.15) is 18.9 Å². The van der Waals surface area contributed by atoms with Crippen LogP contribution in [0.3, 0.4) is 0 Å². The summed E-state index contributed by atoms with van der Waals surface area (Å²) < 4.78 is 0. The molecular weight excluding hydrogens is 156 g/mol. The maximum absolute atomic E-state index is 3.64. The molecule has 1 aromatic carbocycles. The van der Waals surface area contributed by atoms with Gasteiger partial charge in [-0.3, -0.25) is 0 Å². The second-order valence-electron chi connectivity index (χ2n) is 2.55. The van der Waals surface area contributed by atoms with Gasteiger partial charge in [0.15, 0.2) is 0 Å². The molecule has 0 amide bonds. The maximum atomic E-state index is 3.64. The minimum atomic E-state index is 0.948. The average molecular weight is 173 g/mol. The summed E-state index contributed by atoms with van der Waals surface area (Å²) in [5, 5.41) is 0. The van der Waals surface area contributed by atoms with Crippen LogP contribution in [0.25, 0.3) is 0 Å². The van der Waals surface area contributed by atoms with Gasteiger partial charge in [-0.25, -0.2) is 0 Å². The summed E-state index contributed by atoms with van der Waals surface area (Å²) in [7, 11) is 0. The maximum Gasteiger partial charge on any atom is 0.130 e. The molecule has 0 radical (unpaired) electrons. The van der Waals surface area contributed by atoms with E-state index in [1.165, 1.54) is 5.56 Å². The van der Waals surface area contributed by atoms with E-state index in [4.69, 9.17) is 0 Å². The van der Waals surface area contributed by atoms with Gasteiger partial charge in [-0.15, -0.1) is 13.2 Å². The Bertz CT molecular complexity index is 221. The molecule has 0 unspecified atom stereocenters. The van der Waals surface area contributed by atoms with Crippen LogP contribution in [-0.4, -0.2) is 0 Å². The molecular formula is C13H17+. The third kappa shape index (κ3) is 6.95. The predicted octanol–water partition coefficient (Wildman–Crippen LogP) is 4.01. The molecule has 0 nitrogen and oxygen atoms in total. The van der Waals surface area contributed by atoms with Crippen LogP contribution in [0.15, 0.2) is 55.6 Å². The third-order valence-corrected chi connectivity index (χ3v) is 1.32. The van der Waals surface area contributed by atoms with Crippen LogP contribution in [0.2, 0.25) is 0 Å². The number of rotatable bonds is 3. The summed E-state index contributed by atoms with van der Waals surface area (Å²) in [5.41, 5.74) is 1.27. The van der Waals surface area contributed by atoms with Crippen molar-refractivity contribution in [3.63, 3.8) is 0 Å². The first kappa shape index (κ1) is 11.6. The van der Waals surface area contributed by atoms with E-state index >= 15 is 0 Å². The summed E-state index contributed by atoms with van der Waals surface area (Å²) in [4.78, 5) is 0. The number of allylic oxidation sites excluding steroid dienone is 2. The number of benzene rings is 1. The Labute approximate surface area is 81.6 Å². The van der Waals surface area contributed by atoms with E-state index in [-0.39, 0.29) is 0 Å². The van der Waals surface area contributed by atoms with Gasteiger partial charge in [0.05, 0.1) is 0 Å². The molecule has 0 bridgehead atoms. The van der Waals surface area contributed by atoms with Crippen molar-refractivity contribution >= 4 is 0 Å². The molecule has 1 aromatic rings. The molecule has 68 valence electrons. The molecule has 0 saturated carbocycles. The standard InChI is InChI=1S/C10H11.C3H6/c1-2-3-7-10-8-5-4-6-9-10;1-3-2/h2,4-9H,1,3H2;3H,1H2,2H3/q+1;. The topological polar surface area (TPSA) is 0 Å². The highest BCUT2D eigenvalue weighted by Crippen LogP contribution is 2.03. The van der Waals surface area contributed by atoms with E-state index in [2.05, 4.69) is 31.7 Å². The minimum Gasteiger partial charge on any atom is -0.103 e. The van der Waals surface area contributed by atoms with Crippen molar-refractivity contribution in [3.05, 3.63) is 67.6 Å². The van der Waals surface area contributed by atoms with E-state index < -0.39 is 0 Å². The first-order chi connectivity index (χ1) is 6.35. The quantitative estimate of drug-likeness (QED) is 0.478. The van der Waals surface area contributed by atoms with Gasteiger partial charge < -0.3 is 0 Å². The fraction of sp³-hybridized carbons (Fsp3) is 0.154. The Morgan fingerprint density at radius 1 is 1.23 bits per heavy atom. The van der Waals surface area contributed by atoms with Crippen molar-refractivity contribution in [3.8, 4) is 0 Å². The SMILES string of the molecule is C=CC.C=CC[CH+]c1ccccc1. The fourth-order valence-corrected chi connectivity index (χ4v) is 0.809. The van der Waals surface area contributed by atoms with E-state index in [0.717, 1.165) is 6.42 Å². The Kier molecular flexibility index (Phi) is 7.71. The minimum absolute atomic E-state index is 0.948. The van der Waals surface area contributed by atoms with Gasteiger partial charge >= 0.3 is 0 Å². The molecule has 0 aliphatic rings. The first-order valence-electron chi connectivity index (χ1n) is 4.41. The summed E-state index contributed by atoms with van der Waals surface area (Å²) >= 11 is 0. The highest BCUT2D eigenvalue weighted by atomic mass is 13.9. The van der Waals surface area contributed by atoms with Crippen molar-refractivity contribution in [2.24, 2.45) is 0 Å². The zero-order chi connectivity index (χ0) is 9.94. The summed E-state index contributed by atoms with van der Waals surface area (Å²) in [5.74, 6) is 0. The van der Waals surface area contributed by atoms with Crippen LogP contribution >= 0.6 is 0 Å². The average Bonchev–Trinajstić information content (AvgIpc) is 2.18. The van der Waals surface area contributed by atoms with Crippen molar-refractivity contribution in [1.29, 1.82) is 0 Å². The molecule has 0 saturated heterocycles. The molecule has 0 aromatic heterocycles. The highest BCUT2D eigenvalue weighted by molar-refractivity contribution is 5.22. The Hall–Kier alpha value is -1.43. The van der Waals surface area contributed by atoms with Crippen LogP contribution in [0.5, 0.6) is 0 Å². The largest absolute Gasteiger partial charge is 0.130 e. The molecule has 0 aliphatic carbocycles. The van der Waals surface area contributed by atoms with E-state index in [0.29, 0.717) is 0 Å². The van der Waals surface area contributed by atoms with Gasteiger partial charge in [0.25, 0.3) is 0 Å². The van der Waals surface area contributed by atoms with Crippen LogP contribution in [0.4, 0.5) is 0 Å². The molecule has 0 spiro atoms. The van der Waals surface area contributed by atoms with E-state index in [1.54, 1.807) is 6.08 Å². The lowest BCUT2D eigenvalue weighted by molar-refractivity contribution is 1.25. The molecule has 0 heterocycles. The van der Waals surface area contributed by atoms with Gasteiger partial charge in [0, 0.05) is 25.0 Å². The van der Waals surface area contributed by atoms with Crippen molar-refractivity contribution in [2.45, 2.75) is 13.3 Å². The zero-order valence-corrected chi connectivity index (χ0v) is 8.24. The van der Waals surface area contributed by atoms with Gasteiger partial charge in [0.2, 0.25) is 0 Å². The van der Waals surface area contributed by atoms with Crippen molar-refractivity contribution < 1.29 is 0 Å². The normalized spacial score (nSPS) is 7.77. The third-order valence-electron chi connectivity index (χ3n) is 1.32. The van der Waals surface area contributed by atoms with Gasteiger partial charge in [-0.1, -0.05) is 12.2 Å². The van der Waals surface area contributed by atoms with Gasteiger partial charge in [-0.2, -0.15) is 0 Å². The second kappa shape index (κ2) is 8.66. The zero-order valence-electron chi connectivity index (χ0n) is 8.24. The lowest BCUT2D eigenvalue weighted by Gasteiger charge is -1.85. The van der Waals surface area contributed by atoms with Gasteiger partial charge in [0.1, 0.15) is 5.56 Å².